The Balaban J connectivity index is 1.91. The summed E-state index contributed by atoms with van der Waals surface area (Å²) in [5, 5.41) is 13.7. The van der Waals surface area contributed by atoms with Gasteiger partial charge in [0.05, 0.1) is 17.8 Å². The molecule has 0 aliphatic heterocycles. The summed E-state index contributed by atoms with van der Waals surface area (Å²) >= 11 is 0. The highest BCUT2D eigenvalue weighted by Gasteiger charge is 2.13. The standard InChI is InChI=1S/C21H24N4O3/c1-14(22)21(15(2)24-18-6-4-3-5-7-18)25-19(26)13-28-20(27)12-16-8-10-17(23)11-9-16/h3-11,22,24H,12-13,23H2,1-2H3,(H,25,26)/b21-15+,22-14?. The van der Waals surface area contributed by atoms with Crippen LogP contribution >= 0.6 is 0 Å². The number of esters is 1. The molecule has 0 aliphatic carbocycles. The number of amides is 1. The van der Waals surface area contributed by atoms with Crippen molar-refractivity contribution in [2.75, 3.05) is 17.7 Å². The zero-order chi connectivity index (χ0) is 20.5. The molecule has 146 valence electrons. The van der Waals surface area contributed by atoms with E-state index in [1.165, 1.54) is 0 Å². The van der Waals surface area contributed by atoms with E-state index in [-0.39, 0.29) is 12.1 Å². The second kappa shape index (κ2) is 9.91. The number of hydrogen-bond donors (Lipinski definition) is 4. The van der Waals surface area contributed by atoms with E-state index in [0.29, 0.717) is 17.1 Å². The van der Waals surface area contributed by atoms with Gasteiger partial charge in [0.25, 0.3) is 5.91 Å². The smallest absolute Gasteiger partial charge is 0.310 e. The van der Waals surface area contributed by atoms with Gasteiger partial charge in [-0.3, -0.25) is 9.59 Å². The minimum atomic E-state index is -0.517. The molecule has 0 radical (unpaired) electrons. The lowest BCUT2D eigenvalue weighted by atomic mass is 10.1. The van der Waals surface area contributed by atoms with Crippen molar-refractivity contribution in [3.63, 3.8) is 0 Å². The van der Waals surface area contributed by atoms with Gasteiger partial charge in [0.2, 0.25) is 0 Å². The third-order valence-electron chi connectivity index (χ3n) is 3.81. The topological polar surface area (TPSA) is 117 Å². The van der Waals surface area contributed by atoms with Crippen LogP contribution in [0.1, 0.15) is 19.4 Å². The van der Waals surface area contributed by atoms with Gasteiger partial charge in [0.15, 0.2) is 6.61 Å². The molecule has 0 bridgehead atoms. The Bertz CT molecular complexity index is 874. The van der Waals surface area contributed by atoms with Gasteiger partial charge in [-0.1, -0.05) is 30.3 Å². The molecule has 5 N–H and O–H groups in total. The first-order chi connectivity index (χ1) is 13.3. The molecule has 7 heteroatoms. The number of nitrogen functional groups attached to an aromatic ring is 1. The SMILES string of the molecule is CC(=N)/C(NC(=O)COC(=O)Cc1ccc(N)cc1)=C(/C)Nc1ccccc1. The fraction of sp³-hybridized carbons (Fsp3) is 0.190. The summed E-state index contributed by atoms with van der Waals surface area (Å²) in [6, 6.07) is 16.3. The van der Waals surface area contributed by atoms with Crippen LogP contribution in [0, 0.1) is 5.41 Å². The molecule has 7 nitrogen and oxygen atoms in total. The molecule has 0 saturated carbocycles. The van der Waals surface area contributed by atoms with E-state index in [0.717, 1.165) is 11.3 Å². The van der Waals surface area contributed by atoms with E-state index >= 15 is 0 Å². The summed E-state index contributed by atoms with van der Waals surface area (Å²) in [5.41, 5.74) is 8.93. The van der Waals surface area contributed by atoms with Gasteiger partial charge in [-0.25, -0.2) is 0 Å². The summed E-state index contributed by atoms with van der Waals surface area (Å²) in [6.07, 6.45) is 0.0500. The average molecular weight is 380 g/mol. The lowest BCUT2D eigenvalue weighted by Crippen LogP contribution is -2.32. The van der Waals surface area contributed by atoms with E-state index in [9.17, 15) is 9.59 Å². The largest absolute Gasteiger partial charge is 0.455 e. The Hall–Kier alpha value is -3.61. The fourth-order valence-corrected chi connectivity index (χ4v) is 2.44. The van der Waals surface area contributed by atoms with Crippen LogP contribution in [-0.4, -0.2) is 24.2 Å². The molecular weight excluding hydrogens is 356 g/mol. The number of nitrogens with two attached hydrogens (primary N) is 1. The van der Waals surface area contributed by atoms with Crippen molar-refractivity contribution in [3.8, 4) is 0 Å². The molecular formula is C21H24N4O3. The predicted octanol–water partition coefficient (Wildman–Crippen LogP) is 2.85. The van der Waals surface area contributed by atoms with Gasteiger partial charge in [0.1, 0.15) is 0 Å². The van der Waals surface area contributed by atoms with Crippen molar-refractivity contribution in [1.29, 1.82) is 5.41 Å². The molecule has 0 aromatic heterocycles. The Morgan fingerprint density at radius 2 is 1.68 bits per heavy atom. The van der Waals surface area contributed by atoms with Crippen LogP contribution in [0.3, 0.4) is 0 Å². The van der Waals surface area contributed by atoms with Crippen LogP contribution in [-0.2, 0) is 20.7 Å². The van der Waals surface area contributed by atoms with Gasteiger partial charge < -0.3 is 26.5 Å². The fourth-order valence-electron chi connectivity index (χ4n) is 2.44. The number of allylic oxidation sites excluding steroid dienone is 2. The zero-order valence-electron chi connectivity index (χ0n) is 15.9. The number of carbonyl (C=O) groups is 2. The van der Waals surface area contributed by atoms with Gasteiger partial charge in [-0.05, 0) is 43.7 Å². The Morgan fingerprint density at radius 1 is 1.04 bits per heavy atom. The molecule has 2 aromatic rings. The summed E-state index contributed by atoms with van der Waals surface area (Å²) in [6.45, 7) is 2.90. The van der Waals surface area contributed by atoms with Crippen molar-refractivity contribution in [2.45, 2.75) is 20.3 Å². The first-order valence-electron chi connectivity index (χ1n) is 8.73. The average Bonchev–Trinajstić information content (AvgIpc) is 2.66. The van der Waals surface area contributed by atoms with E-state index in [1.807, 2.05) is 30.3 Å². The zero-order valence-corrected chi connectivity index (χ0v) is 15.9. The van der Waals surface area contributed by atoms with Gasteiger partial charge in [0, 0.05) is 17.1 Å². The normalized spacial score (nSPS) is 11.2. The highest BCUT2D eigenvalue weighted by atomic mass is 16.5. The second-order valence-electron chi connectivity index (χ2n) is 6.24. The maximum Gasteiger partial charge on any atom is 0.310 e. The quantitative estimate of drug-likeness (QED) is 0.319. The van der Waals surface area contributed by atoms with E-state index in [1.54, 1.807) is 38.1 Å². The van der Waals surface area contributed by atoms with Gasteiger partial charge >= 0.3 is 5.97 Å². The number of carbonyl (C=O) groups excluding carboxylic acids is 2. The minimum absolute atomic E-state index is 0.0500. The van der Waals surface area contributed by atoms with Crippen LogP contribution < -0.4 is 16.4 Å². The first kappa shape index (κ1) is 20.7. The van der Waals surface area contributed by atoms with Gasteiger partial charge in [-0.15, -0.1) is 0 Å². The highest BCUT2D eigenvalue weighted by molar-refractivity contribution is 6.00. The lowest BCUT2D eigenvalue weighted by Gasteiger charge is -2.15. The number of para-hydroxylation sites is 1. The van der Waals surface area contributed by atoms with Gasteiger partial charge in [-0.2, -0.15) is 0 Å². The molecule has 0 spiro atoms. The molecule has 2 aromatic carbocycles. The number of hydrogen-bond acceptors (Lipinski definition) is 6. The second-order valence-corrected chi connectivity index (χ2v) is 6.24. The summed E-state index contributed by atoms with van der Waals surface area (Å²) in [4.78, 5) is 24.0. The number of nitrogens with one attached hydrogen (secondary N) is 3. The van der Waals surface area contributed by atoms with Crippen molar-refractivity contribution >= 4 is 29.0 Å². The maximum absolute atomic E-state index is 12.2. The van der Waals surface area contributed by atoms with Crippen LogP contribution in [0.15, 0.2) is 66.0 Å². The number of anilines is 2. The number of benzene rings is 2. The minimum Gasteiger partial charge on any atom is -0.455 e. The van der Waals surface area contributed by atoms with Crippen LogP contribution in [0.5, 0.6) is 0 Å². The molecule has 0 saturated heterocycles. The molecule has 28 heavy (non-hydrogen) atoms. The maximum atomic E-state index is 12.2. The molecule has 0 heterocycles. The van der Waals surface area contributed by atoms with Crippen molar-refractivity contribution < 1.29 is 14.3 Å². The predicted molar refractivity (Wildman–Crippen MR) is 110 cm³/mol. The third-order valence-corrected chi connectivity index (χ3v) is 3.81. The molecule has 0 atom stereocenters. The highest BCUT2D eigenvalue weighted by Crippen LogP contribution is 2.11. The Kier molecular flexibility index (Phi) is 7.33. The van der Waals surface area contributed by atoms with Crippen LogP contribution in [0.2, 0.25) is 0 Å². The third kappa shape index (κ3) is 6.60. The first-order valence-corrected chi connectivity index (χ1v) is 8.73. The lowest BCUT2D eigenvalue weighted by molar-refractivity contribution is -0.147. The van der Waals surface area contributed by atoms with Crippen molar-refractivity contribution in [3.05, 3.63) is 71.6 Å². The van der Waals surface area contributed by atoms with Crippen molar-refractivity contribution in [2.24, 2.45) is 0 Å². The summed E-state index contributed by atoms with van der Waals surface area (Å²) in [5.74, 6) is -1.03. The number of rotatable bonds is 8. The molecule has 0 unspecified atom stereocenters. The van der Waals surface area contributed by atoms with Crippen LogP contribution in [0.25, 0.3) is 0 Å². The molecule has 2 rings (SSSR count). The van der Waals surface area contributed by atoms with Crippen molar-refractivity contribution in [1.82, 2.24) is 5.32 Å². The van der Waals surface area contributed by atoms with E-state index in [2.05, 4.69) is 10.6 Å². The molecule has 0 fully saturated rings. The monoisotopic (exact) mass is 380 g/mol. The molecule has 1 amide bonds. The van der Waals surface area contributed by atoms with E-state index < -0.39 is 18.5 Å². The van der Waals surface area contributed by atoms with Crippen LogP contribution in [0.4, 0.5) is 11.4 Å². The summed E-state index contributed by atoms with van der Waals surface area (Å²) in [7, 11) is 0. The van der Waals surface area contributed by atoms with E-state index in [4.69, 9.17) is 15.9 Å². The Labute approximate surface area is 164 Å². The Morgan fingerprint density at radius 3 is 2.29 bits per heavy atom. The number of ether oxygens (including phenoxy) is 1. The summed E-state index contributed by atoms with van der Waals surface area (Å²) < 4.78 is 5.02. The molecule has 0 aliphatic rings.